The third kappa shape index (κ3) is 2.74. The molecule has 96 valence electrons. The molecule has 2 nitrogen and oxygen atoms in total. The first-order chi connectivity index (χ1) is 9.24. The van der Waals surface area contributed by atoms with E-state index in [0.717, 1.165) is 15.6 Å². The van der Waals surface area contributed by atoms with Crippen LogP contribution in [0, 0.1) is 6.92 Å². The van der Waals surface area contributed by atoms with Crippen LogP contribution in [-0.4, -0.2) is 12.1 Å². The molecule has 3 rings (SSSR count). The number of hydrogen-bond donors (Lipinski definition) is 0. The van der Waals surface area contributed by atoms with Crippen LogP contribution in [0.3, 0.4) is 0 Å². The van der Waals surface area contributed by atoms with Crippen LogP contribution < -0.4 is 4.74 Å². The zero-order valence-corrected chi connectivity index (χ0v) is 12.3. The monoisotopic (exact) mass is 287 g/mol. The van der Waals surface area contributed by atoms with Crippen molar-refractivity contribution in [3.05, 3.63) is 48.0 Å². The van der Waals surface area contributed by atoms with Gasteiger partial charge in [-0.3, -0.25) is 0 Å². The van der Waals surface area contributed by atoms with Gasteiger partial charge in [-0.2, -0.15) is 0 Å². The number of ether oxygens (including phenoxy) is 1. The van der Waals surface area contributed by atoms with Gasteiger partial charge in [-0.1, -0.05) is 17.8 Å². The van der Waals surface area contributed by atoms with Gasteiger partial charge in [0.2, 0.25) is 0 Å². The summed E-state index contributed by atoms with van der Waals surface area (Å²) >= 11 is 3.43. The zero-order chi connectivity index (χ0) is 13.2. The van der Waals surface area contributed by atoms with Gasteiger partial charge >= 0.3 is 0 Å². The van der Waals surface area contributed by atoms with Crippen LogP contribution in [-0.2, 0) is 0 Å². The lowest BCUT2D eigenvalue weighted by Crippen LogP contribution is -1.81. The minimum absolute atomic E-state index is 0.879. The van der Waals surface area contributed by atoms with E-state index in [0.29, 0.717) is 0 Å². The highest BCUT2D eigenvalue weighted by Crippen LogP contribution is 2.35. The van der Waals surface area contributed by atoms with Crippen LogP contribution in [0.25, 0.3) is 10.2 Å². The minimum Gasteiger partial charge on any atom is -0.497 e. The van der Waals surface area contributed by atoms with Crippen molar-refractivity contribution in [2.75, 3.05) is 7.11 Å². The predicted molar refractivity (Wildman–Crippen MR) is 81.5 cm³/mol. The summed E-state index contributed by atoms with van der Waals surface area (Å²) in [6.07, 6.45) is 0. The Balaban J connectivity index is 1.87. The minimum atomic E-state index is 0.879. The predicted octanol–water partition coefficient (Wildman–Crippen LogP) is 4.76. The number of rotatable bonds is 3. The molecule has 0 spiro atoms. The first-order valence-electron chi connectivity index (χ1n) is 5.94. The largest absolute Gasteiger partial charge is 0.497 e. The molecular formula is C15H13NOS2. The highest BCUT2D eigenvalue weighted by Gasteiger charge is 2.06. The van der Waals surface area contributed by atoms with Crippen molar-refractivity contribution >= 4 is 33.3 Å². The average Bonchev–Trinajstić information content (AvgIpc) is 2.81. The molecule has 0 saturated carbocycles. The maximum atomic E-state index is 5.16. The van der Waals surface area contributed by atoms with Crippen LogP contribution in [0.4, 0.5) is 0 Å². The second kappa shape index (κ2) is 5.23. The SMILES string of the molecule is COc1ccc(Sc2nc3ccc(C)cc3s2)cc1. The quantitative estimate of drug-likeness (QED) is 0.693. The lowest BCUT2D eigenvalue weighted by molar-refractivity contribution is 0.414. The molecule has 0 aliphatic carbocycles. The Bertz CT molecular complexity index is 704. The average molecular weight is 287 g/mol. The van der Waals surface area contributed by atoms with E-state index in [4.69, 9.17) is 4.74 Å². The number of nitrogens with zero attached hydrogens (tertiary/aromatic N) is 1. The molecule has 0 saturated heterocycles. The standard InChI is InChI=1S/C15H13NOS2/c1-10-3-8-13-14(9-10)19-15(16-13)18-12-6-4-11(17-2)5-7-12/h3-9H,1-2H3. The molecule has 0 atom stereocenters. The molecular weight excluding hydrogens is 274 g/mol. The molecule has 1 heterocycles. The van der Waals surface area contributed by atoms with E-state index in [1.807, 2.05) is 12.1 Å². The lowest BCUT2D eigenvalue weighted by Gasteiger charge is -2.00. The summed E-state index contributed by atoms with van der Waals surface area (Å²) in [4.78, 5) is 5.82. The van der Waals surface area contributed by atoms with Gasteiger partial charge in [0.05, 0.1) is 17.3 Å². The van der Waals surface area contributed by atoms with Crippen LogP contribution in [0.15, 0.2) is 51.7 Å². The molecule has 0 bridgehead atoms. The molecule has 0 N–H and O–H groups in total. The number of fused-ring (bicyclic) bond motifs is 1. The van der Waals surface area contributed by atoms with Gasteiger partial charge in [-0.25, -0.2) is 4.98 Å². The molecule has 0 aliphatic heterocycles. The molecule has 3 aromatic rings. The summed E-state index contributed by atoms with van der Waals surface area (Å²) in [7, 11) is 1.68. The molecule has 4 heteroatoms. The third-order valence-electron chi connectivity index (χ3n) is 2.79. The maximum absolute atomic E-state index is 5.16. The number of aryl methyl sites for hydroxylation is 1. The maximum Gasteiger partial charge on any atom is 0.155 e. The number of benzene rings is 2. The van der Waals surface area contributed by atoms with Gasteiger partial charge < -0.3 is 4.74 Å². The van der Waals surface area contributed by atoms with E-state index in [2.05, 4.69) is 42.2 Å². The summed E-state index contributed by atoms with van der Waals surface area (Å²) in [5.74, 6) is 0.879. The normalized spacial score (nSPS) is 10.8. The van der Waals surface area contributed by atoms with Crippen molar-refractivity contribution in [2.24, 2.45) is 0 Å². The van der Waals surface area contributed by atoms with Crippen molar-refractivity contribution in [3.8, 4) is 5.75 Å². The van der Waals surface area contributed by atoms with E-state index in [1.54, 1.807) is 30.2 Å². The number of thiazole rings is 1. The second-order valence-electron chi connectivity index (χ2n) is 4.23. The fraction of sp³-hybridized carbons (Fsp3) is 0.133. The summed E-state index contributed by atoms with van der Waals surface area (Å²) in [5, 5.41) is 0. The Hall–Kier alpha value is -1.52. The lowest BCUT2D eigenvalue weighted by atomic mass is 10.2. The third-order valence-corrected chi connectivity index (χ3v) is 4.88. The molecule has 0 amide bonds. The Morgan fingerprint density at radius 1 is 1.11 bits per heavy atom. The zero-order valence-electron chi connectivity index (χ0n) is 10.7. The highest BCUT2D eigenvalue weighted by molar-refractivity contribution is 8.01. The van der Waals surface area contributed by atoms with Crippen molar-refractivity contribution in [2.45, 2.75) is 16.2 Å². The first-order valence-corrected chi connectivity index (χ1v) is 7.57. The molecule has 0 radical (unpaired) electrons. The Morgan fingerprint density at radius 3 is 2.63 bits per heavy atom. The van der Waals surface area contributed by atoms with Crippen LogP contribution in [0.2, 0.25) is 0 Å². The first kappa shape index (κ1) is 12.5. The molecule has 19 heavy (non-hydrogen) atoms. The van der Waals surface area contributed by atoms with Gasteiger partial charge in [-0.15, -0.1) is 11.3 Å². The Labute approximate surface area is 120 Å². The van der Waals surface area contributed by atoms with E-state index in [9.17, 15) is 0 Å². The van der Waals surface area contributed by atoms with Gasteiger partial charge in [0, 0.05) is 4.90 Å². The van der Waals surface area contributed by atoms with Gasteiger partial charge in [0.25, 0.3) is 0 Å². The summed E-state index contributed by atoms with van der Waals surface area (Å²) < 4.78 is 7.48. The smallest absolute Gasteiger partial charge is 0.155 e. The topological polar surface area (TPSA) is 22.1 Å². The summed E-state index contributed by atoms with van der Waals surface area (Å²) in [5.41, 5.74) is 2.35. The van der Waals surface area contributed by atoms with Crippen LogP contribution in [0.1, 0.15) is 5.56 Å². The van der Waals surface area contributed by atoms with Crippen LogP contribution >= 0.6 is 23.1 Å². The highest BCUT2D eigenvalue weighted by atomic mass is 32.2. The van der Waals surface area contributed by atoms with Gasteiger partial charge in [0.15, 0.2) is 4.34 Å². The van der Waals surface area contributed by atoms with Gasteiger partial charge in [-0.05, 0) is 48.9 Å². The van der Waals surface area contributed by atoms with E-state index < -0.39 is 0 Å². The van der Waals surface area contributed by atoms with Crippen LogP contribution in [0.5, 0.6) is 5.75 Å². The summed E-state index contributed by atoms with van der Waals surface area (Å²) in [6.45, 7) is 2.11. The van der Waals surface area contributed by atoms with Crippen molar-refractivity contribution < 1.29 is 4.74 Å². The van der Waals surface area contributed by atoms with Crippen molar-refractivity contribution in [1.82, 2.24) is 4.98 Å². The Kier molecular flexibility index (Phi) is 3.44. The molecule has 1 aromatic heterocycles. The van der Waals surface area contributed by atoms with Gasteiger partial charge in [0.1, 0.15) is 5.75 Å². The number of hydrogen-bond acceptors (Lipinski definition) is 4. The van der Waals surface area contributed by atoms with E-state index in [-0.39, 0.29) is 0 Å². The fourth-order valence-corrected chi connectivity index (χ4v) is 3.94. The molecule has 2 aromatic carbocycles. The molecule has 0 fully saturated rings. The van der Waals surface area contributed by atoms with E-state index in [1.165, 1.54) is 15.2 Å². The van der Waals surface area contributed by atoms with Crippen molar-refractivity contribution in [1.29, 1.82) is 0 Å². The second-order valence-corrected chi connectivity index (χ2v) is 6.58. The van der Waals surface area contributed by atoms with Crippen molar-refractivity contribution in [3.63, 3.8) is 0 Å². The van der Waals surface area contributed by atoms with E-state index >= 15 is 0 Å². The summed E-state index contributed by atoms with van der Waals surface area (Å²) in [6, 6.07) is 14.4. The molecule has 0 unspecified atom stereocenters. The molecule has 0 aliphatic rings. The fourth-order valence-electron chi connectivity index (χ4n) is 1.80. The number of methoxy groups -OCH3 is 1. The number of aromatic nitrogens is 1. The Morgan fingerprint density at radius 2 is 1.89 bits per heavy atom.